The zero-order chi connectivity index (χ0) is 23.7. The van der Waals surface area contributed by atoms with Gasteiger partial charge in [0, 0.05) is 55.9 Å². The molecular weight excluding hydrogens is 436 g/mol. The largest absolute Gasteiger partial charge is 0.491 e. The number of benzene rings is 2. The third kappa shape index (κ3) is 6.66. The van der Waals surface area contributed by atoms with Crippen LogP contribution in [0.15, 0.2) is 91.4 Å². The van der Waals surface area contributed by atoms with Crippen molar-refractivity contribution in [2.75, 3.05) is 31.7 Å². The Balaban J connectivity index is 1.39. The highest BCUT2D eigenvalue weighted by Crippen LogP contribution is 2.27. The highest BCUT2D eigenvalue weighted by molar-refractivity contribution is 5.59. The van der Waals surface area contributed by atoms with Crippen molar-refractivity contribution in [1.29, 1.82) is 0 Å². The first-order valence-electron chi connectivity index (χ1n) is 12.0. The molecule has 1 aliphatic heterocycles. The van der Waals surface area contributed by atoms with Gasteiger partial charge in [0.15, 0.2) is 0 Å². The molecule has 3 heterocycles. The fourth-order valence-corrected chi connectivity index (χ4v) is 4.31. The van der Waals surface area contributed by atoms with E-state index < -0.39 is 0 Å². The van der Waals surface area contributed by atoms with Crippen molar-refractivity contribution in [2.24, 2.45) is 0 Å². The second-order valence-electron chi connectivity index (χ2n) is 8.69. The number of nitrogens with one attached hydrogen (secondary N) is 1. The van der Waals surface area contributed by atoms with Crippen LogP contribution < -0.4 is 10.1 Å². The minimum Gasteiger partial charge on any atom is -0.491 e. The minimum atomic E-state index is 0.517. The molecule has 2 bridgehead atoms. The van der Waals surface area contributed by atoms with Gasteiger partial charge in [-0.15, -0.1) is 0 Å². The van der Waals surface area contributed by atoms with Crippen LogP contribution in [0.1, 0.15) is 22.3 Å². The van der Waals surface area contributed by atoms with Crippen LogP contribution >= 0.6 is 0 Å². The predicted octanol–water partition coefficient (Wildman–Crippen LogP) is 5.22. The molecule has 0 saturated carbocycles. The summed E-state index contributed by atoms with van der Waals surface area (Å²) in [7, 11) is 0. The van der Waals surface area contributed by atoms with Crippen LogP contribution in [0.5, 0.6) is 5.75 Å². The van der Waals surface area contributed by atoms with Crippen molar-refractivity contribution in [2.45, 2.75) is 19.5 Å². The van der Waals surface area contributed by atoms with Crippen molar-refractivity contribution in [3.8, 4) is 5.75 Å². The second-order valence-corrected chi connectivity index (χ2v) is 8.69. The van der Waals surface area contributed by atoms with Crippen LogP contribution in [0.4, 0.5) is 11.5 Å². The molecule has 0 unspecified atom stereocenters. The molecule has 2 aromatic heterocycles. The van der Waals surface area contributed by atoms with Crippen LogP contribution in [-0.2, 0) is 24.2 Å². The molecule has 1 aliphatic rings. The van der Waals surface area contributed by atoms with E-state index in [1.54, 1.807) is 6.20 Å². The Hall–Kier alpha value is -3.74. The quantitative estimate of drug-likeness (QED) is 0.445. The lowest BCUT2D eigenvalue weighted by Crippen LogP contribution is -2.27. The summed E-state index contributed by atoms with van der Waals surface area (Å²) in [6.07, 6.45) is 6.32. The van der Waals surface area contributed by atoms with Gasteiger partial charge in [0.1, 0.15) is 18.2 Å². The van der Waals surface area contributed by atoms with Crippen molar-refractivity contribution in [1.82, 2.24) is 14.9 Å². The van der Waals surface area contributed by atoms with Gasteiger partial charge in [-0.3, -0.25) is 9.88 Å². The first-order chi connectivity index (χ1) is 17.3. The highest BCUT2D eigenvalue weighted by atomic mass is 16.5. The SMILES string of the molecule is c1ccc(Nc2ccc3c(c2)Cc2cccc(c2)CN(Cc2cccnc2)CCOCCO3)nc1. The van der Waals surface area contributed by atoms with Gasteiger partial charge in [0.25, 0.3) is 0 Å². The van der Waals surface area contributed by atoms with Gasteiger partial charge < -0.3 is 14.8 Å². The molecule has 0 atom stereocenters. The molecule has 0 saturated heterocycles. The monoisotopic (exact) mass is 466 g/mol. The lowest BCUT2D eigenvalue weighted by Gasteiger charge is -2.23. The van der Waals surface area contributed by atoms with E-state index in [0.29, 0.717) is 19.8 Å². The van der Waals surface area contributed by atoms with Crippen molar-refractivity contribution in [3.05, 3.63) is 114 Å². The summed E-state index contributed by atoms with van der Waals surface area (Å²) >= 11 is 0. The second kappa shape index (κ2) is 11.6. The Morgan fingerprint density at radius 1 is 0.857 bits per heavy atom. The summed E-state index contributed by atoms with van der Waals surface area (Å²) < 4.78 is 12.1. The fourth-order valence-electron chi connectivity index (χ4n) is 4.31. The van der Waals surface area contributed by atoms with Crippen LogP contribution in [0.25, 0.3) is 0 Å². The van der Waals surface area contributed by atoms with E-state index >= 15 is 0 Å². The van der Waals surface area contributed by atoms with Gasteiger partial charge in [-0.25, -0.2) is 4.98 Å². The molecule has 0 aliphatic carbocycles. The van der Waals surface area contributed by atoms with Crippen molar-refractivity contribution in [3.63, 3.8) is 0 Å². The Morgan fingerprint density at radius 2 is 1.83 bits per heavy atom. The van der Waals surface area contributed by atoms with E-state index in [1.165, 1.54) is 16.7 Å². The first-order valence-corrected chi connectivity index (χ1v) is 12.0. The number of hydrogen-bond acceptors (Lipinski definition) is 6. The summed E-state index contributed by atoms with van der Waals surface area (Å²) in [4.78, 5) is 11.1. The average Bonchev–Trinajstić information content (AvgIpc) is 2.88. The van der Waals surface area contributed by atoms with Crippen LogP contribution in [0, 0.1) is 0 Å². The standard InChI is InChI=1S/C29H30N4O2/c1-2-12-31-29(8-1)32-27-9-10-28-26(19-27)18-23-5-3-6-24(17-23)21-33(13-14-34-15-16-35-28)22-25-7-4-11-30-20-25/h1-12,17,19-20H,13-16,18,21-22H2,(H,31,32). The maximum Gasteiger partial charge on any atom is 0.130 e. The zero-order valence-electron chi connectivity index (χ0n) is 19.8. The zero-order valence-corrected chi connectivity index (χ0v) is 19.8. The third-order valence-electron chi connectivity index (χ3n) is 5.96. The van der Waals surface area contributed by atoms with Crippen molar-refractivity contribution < 1.29 is 9.47 Å². The van der Waals surface area contributed by atoms with Gasteiger partial charge in [0.2, 0.25) is 0 Å². The van der Waals surface area contributed by atoms with Crippen LogP contribution in [-0.4, -0.2) is 41.2 Å². The molecule has 0 amide bonds. The lowest BCUT2D eigenvalue weighted by atomic mass is 10.0. The summed E-state index contributed by atoms with van der Waals surface area (Å²) in [5, 5.41) is 3.39. The molecule has 1 N–H and O–H groups in total. The molecule has 178 valence electrons. The maximum atomic E-state index is 6.14. The Bertz CT molecular complexity index is 1220. The number of nitrogens with zero attached hydrogens (tertiary/aromatic N) is 3. The van der Waals surface area contributed by atoms with Crippen LogP contribution in [0.2, 0.25) is 0 Å². The average molecular weight is 467 g/mol. The van der Waals surface area contributed by atoms with Gasteiger partial charge in [0.05, 0.1) is 13.2 Å². The normalized spacial score (nSPS) is 14.9. The molecule has 35 heavy (non-hydrogen) atoms. The highest BCUT2D eigenvalue weighted by Gasteiger charge is 2.12. The smallest absolute Gasteiger partial charge is 0.130 e. The summed E-state index contributed by atoms with van der Waals surface area (Å²) in [6, 6.07) is 25.0. The third-order valence-corrected chi connectivity index (χ3v) is 5.96. The Kier molecular flexibility index (Phi) is 7.63. The Morgan fingerprint density at radius 3 is 2.71 bits per heavy atom. The minimum absolute atomic E-state index is 0.517. The number of fused-ring (bicyclic) bond motifs is 3. The summed E-state index contributed by atoms with van der Waals surface area (Å²) in [6.45, 7) is 4.27. The molecule has 4 aromatic rings. The van der Waals surface area contributed by atoms with E-state index in [4.69, 9.17) is 9.47 Å². The Labute approximate surface area is 206 Å². The van der Waals surface area contributed by atoms with E-state index in [9.17, 15) is 0 Å². The van der Waals surface area contributed by atoms with Gasteiger partial charge in [-0.2, -0.15) is 0 Å². The molecule has 0 fully saturated rings. The van der Waals surface area contributed by atoms with Gasteiger partial charge in [-0.1, -0.05) is 36.4 Å². The molecule has 2 aromatic carbocycles. The molecule has 6 heteroatoms. The van der Waals surface area contributed by atoms with E-state index in [-0.39, 0.29) is 0 Å². The number of pyridine rings is 2. The maximum absolute atomic E-state index is 6.14. The topological polar surface area (TPSA) is 59.5 Å². The van der Waals surface area contributed by atoms with E-state index in [1.807, 2.05) is 48.8 Å². The molecule has 5 rings (SSSR count). The number of anilines is 2. The van der Waals surface area contributed by atoms with Crippen LogP contribution in [0.3, 0.4) is 0 Å². The first kappa shape index (κ1) is 23.0. The van der Waals surface area contributed by atoms with Crippen molar-refractivity contribution >= 4 is 11.5 Å². The predicted molar refractivity (Wildman–Crippen MR) is 138 cm³/mol. The molecular formula is C29H30N4O2. The fraction of sp³-hybridized carbons (Fsp3) is 0.241. The summed E-state index contributed by atoms with van der Waals surface area (Å²) in [5.41, 5.74) is 5.87. The van der Waals surface area contributed by atoms with Gasteiger partial charge >= 0.3 is 0 Å². The van der Waals surface area contributed by atoms with E-state index in [0.717, 1.165) is 48.9 Å². The lowest BCUT2D eigenvalue weighted by molar-refractivity contribution is 0.0757. The number of rotatable bonds is 4. The number of hydrogen-bond donors (Lipinski definition) is 1. The number of ether oxygens (including phenoxy) is 2. The van der Waals surface area contributed by atoms with Gasteiger partial charge in [-0.05, 0) is 53.1 Å². The number of aromatic nitrogens is 2. The molecule has 0 radical (unpaired) electrons. The molecule has 6 nitrogen and oxygen atoms in total. The molecule has 0 spiro atoms. The summed E-state index contributed by atoms with van der Waals surface area (Å²) in [5.74, 6) is 1.71. The van der Waals surface area contributed by atoms with E-state index in [2.05, 4.69) is 56.6 Å².